The Kier molecular flexibility index (Phi) is 3.98. The largest absolute Gasteiger partial charge is 0.292 e. The monoisotopic (exact) mass is 387 g/mol. The molecular weight excluding hydrogens is 373 g/mol. The van der Waals surface area contributed by atoms with Crippen molar-refractivity contribution < 1.29 is 4.39 Å². The van der Waals surface area contributed by atoms with Gasteiger partial charge in [-0.15, -0.1) is 5.10 Å². The lowest BCUT2D eigenvalue weighted by Gasteiger charge is -2.04. The molecule has 0 aliphatic heterocycles. The number of hydrogen-bond donors (Lipinski definition) is 0. The molecule has 0 atom stereocenters. The third-order valence-corrected chi connectivity index (χ3v) is 4.53. The molecule has 0 amide bonds. The van der Waals surface area contributed by atoms with Crippen molar-refractivity contribution in [2.75, 3.05) is 0 Å². The topological polar surface area (TPSA) is 83.4 Å². The van der Waals surface area contributed by atoms with E-state index in [9.17, 15) is 9.18 Å². The number of benzene rings is 2. The molecule has 2 aromatic carbocycles. The van der Waals surface area contributed by atoms with Crippen LogP contribution >= 0.6 is 0 Å². The Morgan fingerprint density at radius 3 is 2.62 bits per heavy atom. The zero-order valence-electron chi connectivity index (χ0n) is 15.1. The van der Waals surface area contributed by atoms with Gasteiger partial charge in [0, 0.05) is 0 Å². The second kappa shape index (κ2) is 6.79. The summed E-state index contributed by atoms with van der Waals surface area (Å²) in [4.78, 5) is 17.3. The highest BCUT2D eigenvalue weighted by Gasteiger charge is 2.13. The minimum Gasteiger partial charge on any atom is -0.292 e. The predicted molar refractivity (Wildman–Crippen MR) is 104 cm³/mol. The van der Waals surface area contributed by atoms with Crippen LogP contribution in [-0.2, 0) is 6.54 Å². The van der Waals surface area contributed by atoms with Crippen LogP contribution in [0.4, 0.5) is 4.39 Å². The van der Waals surface area contributed by atoms with Crippen molar-refractivity contribution >= 4 is 11.0 Å². The van der Waals surface area contributed by atoms with E-state index >= 15 is 0 Å². The van der Waals surface area contributed by atoms with Crippen molar-refractivity contribution in [3.8, 4) is 11.4 Å². The fourth-order valence-corrected chi connectivity index (χ4v) is 3.12. The van der Waals surface area contributed by atoms with Crippen LogP contribution in [0.1, 0.15) is 5.69 Å². The Bertz CT molecular complexity index is 1370. The third-order valence-electron chi connectivity index (χ3n) is 4.53. The lowest BCUT2D eigenvalue weighted by atomic mass is 10.3. The summed E-state index contributed by atoms with van der Waals surface area (Å²) in [6, 6.07) is 15.7. The van der Waals surface area contributed by atoms with Gasteiger partial charge in [-0.25, -0.2) is 18.7 Å². The molecule has 29 heavy (non-hydrogen) atoms. The van der Waals surface area contributed by atoms with E-state index in [2.05, 4.69) is 20.4 Å². The average molecular weight is 387 g/mol. The Labute approximate surface area is 163 Å². The second-order valence-corrected chi connectivity index (χ2v) is 6.41. The minimum absolute atomic E-state index is 0.159. The Hall–Kier alpha value is -4.14. The van der Waals surface area contributed by atoms with E-state index in [-0.39, 0.29) is 17.8 Å². The molecule has 0 unspecified atom stereocenters. The molecule has 3 aromatic heterocycles. The van der Waals surface area contributed by atoms with Crippen LogP contribution in [0.5, 0.6) is 0 Å². The van der Waals surface area contributed by atoms with E-state index in [0.29, 0.717) is 16.7 Å². The molecule has 0 aliphatic rings. The van der Waals surface area contributed by atoms with Crippen LogP contribution in [0.2, 0.25) is 0 Å². The summed E-state index contributed by atoms with van der Waals surface area (Å²) in [6.07, 6.45) is 4.54. The molecule has 0 aliphatic carbocycles. The van der Waals surface area contributed by atoms with Gasteiger partial charge in [0.2, 0.25) is 0 Å². The second-order valence-electron chi connectivity index (χ2n) is 6.41. The summed E-state index contributed by atoms with van der Waals surface area (Å²) in [7, 11) is 0. The van der Waals surface area contributed by atoms with Gasteiger partial charge in [0.15, 0.2) is 5.65 Å². The predicted octanol–water partition coefficient (Wildman–Crippen LogP) is 2.35. The van der Waals surface area contributed by atoms with Crippen LogP contribution < -0.4 is 5.56 Å². The first-order valence-electron chi connectivity index (χ1n) is 8.85. The summed E-state index contributed by atoms with van der Waals surface area (Å²) in [5.41, 5.74) is 1.85. The molecule has 5 aromatic rings. The molecule has 0 saturated heterocycles. The lowest BCUT2D eigenvalue weighted by Crippen LogP contribution is -2.21. The molecule has 0 bridgehead atoms. The first kappa shape index (κ1) is 17.0. The summed E-state index contributed by atoms with van der Waals surface area (Å²) in [5, 5.41) is 12.7. The van der Waals surface area contributed by atoms with Gasteiger partial charge in [0.05, 0.1) is 24.6 Å². The average Bonchev–Trinajstić information content (AvgIpc) is 3.39. The van der Waals surface area contributed by atoms with Crippen LogP contribution in [0.25, 0.3) is 22.4 Å². The molecular formula is C20H14FN7O. The molecule has 5 rings (SSSR count). The molecule has 142 valence electrons. The van der Waals surface area contributed by atoms with Gasteiger partial charge in [0.25, 0.3) is 5.56 Å². The molecule has 9 heteroatoms. The molecule has 3 heterocycles. The number of halogens is 1. The number of para-hydroxylation sites is 2. The SMILES string of the molecule is O=c1c2cnn(-c3ccccc3)c2ncn1Cc1cn(-c2ccccc2F)nn1. The van der Waals surface area contributed by atoms with E-state index in [1.54, 1.807) is 29.1 Å². The first-order chi connectivity index (χ1) is 14.2. The van der Waals surface area contributed by atoms with Crippen LogP contribution in [-0.4, -0.2) is 34.3 Å². The maximum absolute atomic E-state index is 13.9. The molecule has 0 spiro atoms. The van der Waals surface area contributed by atoms with E-state index < -0.39 is 5.82 Å². The minimum atomic E-state index is -0.405. The van der Waals surface area contributed by atoms with Crippen molar-refractivity contribution in [1.29, 1.82) is 0 Å². The standard InChI is InChI=1S/C20H14FN7O/c21-17-8-4-5-9-18(17)27-12-14(24-25-27)11-26-13-22-19-16(20(26)29)10-23-28(19)15-6-2-1-3-7-15/h1-10,12-13H,11H2. The number of rotatable bonds is 4. The smallest absolute Gasteiger partial charge is 0.264 e. The van der Waals surface area contributed by atoms with Gasteiger partial charge in [-0.2, -0.15) is 5.10 Å². The number of aromatic nitrogens is 7. The number of nitrogens with zero attached hydrogens (tertiary/aromatic N) is 7. The molecule has 8 nitrogen and oxygen atoms in total. The van der Waals surface area contributed by atoms with Gasteiger partial charge in [-0.3, -0.25) is 9.36 Å². The summed E-state index contributed by atoms with van der Waals surface area (Å²) in [6.45, 7) is 0.159. The number of fused-ring (bicyclic) bond motifs is 1. The van der Waals surface area contributed by atoms with Gasteiger partial charge >= 0.3 is 0 Å². The van der Waals surface area contributed by atoms with Crippen LogP contribution in [0.3, 0.4) is 0 Å². The first-order valence-corrected chi connectivity index (χ1v) is 8.85. The zero-order valence-corrected chi connectivity index (χ0v) is 15.1. The highest BCUT2D eigenvalue weighted by Crippen LogP contribution is 2.14. The van der Waals surface area contributed by atoms with E-state index in [1.807, 2.05) is 30.3 Å². The Morgan fingerprint density at radius 2 is 1.79 bits per heavy atom. The highest BCUT2D eigenvalue weighted by atomic mass is 19.1. The van der Waals surface area contributed by atoms with Gasteiger partial charge in [0.1, 0.15) is 28.9 Å². The van der Waals surface area contributed by atoms with E-state index in [4.69, 9.17) is 0 Å². The Balaban J connectivity index is 1.49. The number of hydrogen-bond acceptors (Lipinski definition) is 5. The van der Waals surface area contributed by atoms with Crippen molar-refractivity contribution in [1.82, 2.24) is 34.3 Å². The fraction of sp³-hybridized carbons (Fsp3) is 0.0500. The molecule has 0 N–H and O–H groups in total. The van der Waals surface area contributed by atoms with Crippen molar-refractivity contribution in [2.45, 2.75) is 6.54 Å². The summed E-state index contributed by atoms with van der Waals surface area (Å²) < 4.78 is 18.3. The van der Waals surface area contributed by atoms with Gasteiger partial charge in [-0.05, 0) is 24.3 Å². The highest BCUT2D eigenvalue weighted by molar-refractivity contribution is 5.74. The maximum Gasteiger partial charge on any atom is 0.264 e. The van der Waals surface area contributed by atoms with Crippen LogP contribution in [0.15, 0.2) is 78.1 Å². The van der Waals surface area contributed by atoms with E-state index in [0.717, 1.165) is 5.69 Å². The van der Waals surface area contributed by atoms with Crippen molar-refractivity contribution in [3.63, 3.8) is 0 Å². The maximum atomic E-state index is 13.9. The fourth-order valence-electron chi connectivity index (χ4n) is 3.12. The van der Waals surface area contributed by atoms with Crippen LogP contribution in [0, 0.1) is 5.82 Å². The zero-order chi connectivity index (χ0) is 19.8. The van der Waals surface area contributed by atoms with Gasteiger partial charge in [-0.1, -0.05) is 35.5 Å². The summed E-state index contributed by atoms with van der Waals surface area (Å²) >= 11 is 0. The molecule has 0 saturated carbocycles. The quantitative estimate of drug-likeness (QED) is 0.473. The molecule has 0 fully saturated rings. The molecule has 0 radical (unpaired) electrons. The Morgan fingerprint density at radius 1 is 1.00 bits per heavy atom. The van der Waals surface area contributed by atoms with E-state index in [1.165, 1.54) is 27.8 Å². The van der Waals surface area contributed by atoms with Gasteiger partial charge < -0.3 is 0 Å². The van der Waals surface area contributed by atoms with Crippen molar-refractivity contribution in [3.05, 3.63) is 95.2 Å². The normalized spacial score (nSPS) is 11.2. The summed E-state index contributed by atoms with van der Waals surface area (Å²) in [5.74, 6) is -0.405. The lowest BCUT2D eigenvalue weighted by molar-refractivity contribution is 0.607. The van der Waals surface area contributed by atoms with Crippen molar-refractivity contribution in [2.24, 2.45) is 0 Å². The third kappa shape index (κ3) is 2.98.